The first kappa shape index (κ1) is 18.0. The first-order chi connectivity index (χ1) is 13.2. The van der Waals surface area contributed by atoms with E-state index in [-0.39, 0.29) is 0 Å². The fraction of sp³-hybridized carbons (Fsp3) is 0.524. The molecular formula is C21H28N4O2. The second kappa shape index (κ2) is 7.72. The van der Waals surface area contributed by atoms with Crippen LogP contribution in [0.2, 0.25) is 0 Å². The molecule has 0 saturated carbocycles. The van der Waals surface area contributed by atoms with Crippen LogP contribution in [0.5, 0.6) is 11.5 Å². The number of nitrogens with zero attached hydrogens (tertiary/aromatic N) is 4. The highest BCUT2D eigenvalue weighted by molar-refractivity contribution is 5.46. The van der Waals surface area contributed by atoms with Crippen molar-refractivity contribution < 1.29 is 9.47 Å². The lowest BCUT2D eigenvalue weighted by Gasteiger charge is -2.40. The number of methoxy groups -OCH3 is 2. The zero-order valence-electron chi connectivity index (χ0n) is 16.2. The number of benzene rings is 1. The molecule has 2 fully saturated rings. The molecular weight excluding hydrogens is 340 g/mol. The summed E-state index contributed by atoms with van der Waals surface area (Å²) in [6, 6.07) is 6.14. The predicted molar refractivity (Wildman–Crippen MR) is 105 cm³/mol. The standard InChI is InChI=1S/C21H28N4O2/c1-26-18-6-3-5-17(20(18)27-2)14-24-11-4-7-21(15-24)8-12-25(16-21)19-13-22-9-10-23-19/h3,5-6,9-10,13H,4,7-8,11-12,14-16H2,1-2H3/t21-/m1/s1. The van der Waals surface area contributed by atoms with E-state index in [4.69, 9.17) is 9.47 Å². The van der Waals surface area contributed by atoms with E-state index in [0.717, 1.165) is 50.0 Å². The minimum Gasteiger partial charge on any atom is -0.493 e. The zero-order chi connectivity index (χ0) is 18.7. The van der Waals surface area contributed by atoms with Gasteiger partial charge in [-0.2, -0.15) is 0 Å². The fourth-order valence-electron chi connectivity index (χ4n) is 4.68. The van der Waals surface area contributed by atoms with E-state index in [0.29, 0.717) is 5.41 Å². The Hall–Kier alpha value is -2.34. The molecule has 2 aliphatic heterocycles. The Morgan fingerprint density at radius 1 is 1.07 bits per heavy atom. The van der Waals surface area contributed by atoms with Gasteiger partial charge in [-0.15, -0.1) is 0 Å². The normalized spacial score (nSPS) is 23.0. The van der Waals surface area contributed by atoms with Gasteiger partial charge in [0.2, 0.25) is 0 Å². The van der Waals surface area contributed by atoms with Gasteiger partial charge in [0.1, 0.15) is 5.82 Å². The molecule has 1 aromatic heterocycles. The first-order valence-corrected chi connectivity index (χ1v) is 9.66. The Morgan fingerprint density at radius 2 is 2.00 bits per heavy atom. The molecule has 1 spiro atoms. The van der Waals surface area contributed by atoms with Gasteiger partial charge in [-0.05, 0) is 31.9 Å². The van der Waals surface area contributed by atoms with E-state index in [2.05, 4.69) is 25.8 Å². The number of piperidine rings is 1. The smallest absolute Gasteiger partial charge is 0.165 e. The van der Waals surface area contributed by atoms with Crippen molar-refractivity contribution in [1.82, 2.24) is 14.9 Å². The number of anilines is 1. The first-order valence-electron chi connectivity index (χ1n) is 9.66. The molecule has 0 N–H and O–H groups in total. The second-order valence-electron chi connectivity index (χ2n) is 7.70. The Bertz CT molecular complexity index is 770. The van der Waals surface area contributed by atoms with Crippen LogP contribution >= 0.6 is 0 Å². The Balaban J connectivity index is 1.46. The molecule has 1 atom stereocenters. The van der Waals surface area contributed by atoms with Crippen LogP contribution in [0.1, 0.15) is 24.8 Å². The van der Waals surface area contributed by atoms with Crippen LogP contribution in [0.15, 0.2) is 36.8 Å². The van der Waals surface area contributed by atoms with E-state index < -0.39 is 0 Å². The summed E-state index contributed by atoms with van der Waals surface area (Å²) >= 11 is 0. The summed E-state index contributed by atoms with van der Waals surface area (Å²) < 4.78 is 11.1. The van der Waals surface area contributed by atoms with E-state index in [1.165, 1.54) is 24.8 Å². The molecule has 0 unspecified atom stereocenters. The summed E-state index contributed by atoms with van der Waals surface area (Å²) in [5.74, 6) is 2.66. The molecule has 2 aliphatic rings. The summed E-state index contributed by atoms with van der Waals surface area (Å²) in [6.45, 7) is 5.27. The number of para-hydroxylation sites is 1. The number of rotatable bonds is 5. The van der Waals surface area contributed by atoms with Crippen LogP contribution < -0.4 is 14.4 Å². The molecule has 3 heterocycles. The van der Waals surface area contributed by atoms with Gasteiger partial charge < -0.3 is 14.4 Å². The molecule has 6 heteroatoms. The highest BCUT2D eigenvalue weighted by Crippen LogP contribution is 2.41. The molecule has 2 aromatic rings. The van der Waals surface area contributed by atoms with Crippen LogP contribution in [-0.2, 0) is 6.54 Å². The Labute approximate surface area is 161 Å². The molecule has 1 aromatic carbocycles. The highest BCUT2D eigenvalue weighted by atomic mass is 16.5. The third-order valence-corrected chi connectivity index (χ3v) is 5.93. The fourth-order valence-corrected chi connectivity index (χ4v) is 4.68. The van der Waals surface area contributed by atoms with Gasteiger partial charge in [0.15, 0.2) is 11.5 Å². The lowest BCUT2D eigenvalue weighted by Crippen LogP contribution is -2.44. The van der Waals surface area contributed by atoms with Crippen LogP contribution in [0, 0.1) is 5.41 Å². The molecule has 6 nitrogen and oxygen atoms in total. The van der Waals surface area contributed by atoms with Crippen molar-refractivity contribution in [3.63, 3.8) is 0 Å². The lowest BCUT2D eigenvalue weighted by atomic mass is 9.79. The van der Waals surface area contributed by atoms with Crippen molar-refractivity contribution in [2.24, 2.45) is 5.41 Å². The van der Waals surface area contributed by atoms with E-state index in [9.17, 15) is 0 Å². The van der Waals surface area contributed by atoms with Crippen LogP contribution in [0.3, 0.4) is 0 Å². The second-order valence-corrected chi connectivity index (χ2v) is 7.70. The minimum atomic E-state index is 0.349. The third kappa shape index (κ3) is 3.72. The third-order valence-electron chi connectivity index (χ3n) is 5.93. The van der Waals surface area contributed by atoms with Crippen molar-refractivity contribution in [2.45, 2.75) is 25.8 Å². The average molecular weight is 368 g/mol. The number of ether oxygens (including phenoxy) is 2. The van der Waals surface area contributed by atoms with Crippen LogP contribution in [0.25, 0.3) is 0 Å². The maximum absolute atomic E-state index is 5.63. The van der Waals surface area contributed by atoms with E-state index in [1.807, 2.05) is 18.3 Å². The zero-order valence-corrected chi connectivity index (χ0v) is 16.2. The lowest BCUT2D eigenvalue weighted by molar-refractivity contribution is 0.0983. The number of hydrogen-bond donors (Lipinski definition) is 0. The highest BCUT2D eigenvalue weighted by Gasteiger charge is 2.41. The van der Waals surface area contributed by atoms with Gasteiger partial charge >= 0.3 is 0 Å². The monoisotopic (exact) mass is 368 g/mol. The molecule has 4 rings (SSSR count). The van der Waals surface area contributed by atoms with Crippen LogP contribution in [-0.4, -0.2) is 55.3 Å². The van der Waals surface area contributed by atoms with E-state index >= 15 is 0 Å². The van der Waals surface area contributed by atoms with Gasteiger partial charge in [-0.1, -0.05) is 12.1 Å². The average Bonchev–Trinajstić information content (AvgIpc) is 3.11. The number of hydrogen-bond acceptors (Lipinski definition) is 6. The van der Waals surface area contributed by atoms with Gasteiger partial charge in [-0.3, -0.25) is 9.88 Å². The van der Waals surface area contributed by atoms with Crippen molar-refractivity contribution >= 4 is 5.82 Å². The summed E-state index contributed by atoms with van der Waals surface area (Å²) in [5.41, 5.74) is 1.54. The molecule has 144 valence electrons. The molecule has 2 saturated heterocycles. The predicted octanol–water partition coefficient (Wildman–Crippen LogP) is 2.99. The topological polar surface area (TPSA) is 50.7 Å². The maximum atomic E-state index is 5.63. The maximum Gasteiger partial charge on any atom is 0.165 e. The van der Waals surface area contributed by atoms with Gasteiger partial charge in [0.25, 0.3) is 0 Å². The molecule has 0 radical (unpaired) electrons. The van der Waals surface area contributed by atoms with Crippen molar-refractivity contribution in [1.29, 1.82) is 0 Å². The largest absolute Gasteiger partial charge is 0.493 e. The Kier molecular flexibility index (Phi) is 5.16. The van der Waals surface area contributed by atoms with Gasteiger partial charge in [0.05, 0.1) is 20.4 Å². The Morgan fingerprint density at radius 3 is 2.78 bits per heavy atom. The van der Waals surface area contributed by atoms with E-state index in [1.54, 1.807) is 26.6 Å². The number of likely N-dealkylation sites (tertiary alicyclic amines) is 1. The molecule has 27 heavy (non-hydrogen) atoms. The summed E-state index contributed by atoms with van der Waals surface area (Å²) in [4.78, 5) is 13.7. The molecule has 0 amide bonds. The van der Waals surface area contributed by atoms with Gasteiger partial charge in [0, 0.05) is 49.6 Å². The van der Waals surface area contributed by atoms with Gasteiger partial charge in [-0.25, -0.2) is 4.98 Å². The summed E-state index contributed by atoms with van der Waals surface area (Å²) in [5, 5.41) is 0. The van der Waals surface area contributed by atoms with Crippen molar-refractivity contribution in [3.8, 4) is 11.5 Å². The number of aromatic nitrogens is 2. The van der Waals surface area contributed by atoms with Crippen molar-refractivity contribution in [3.05, 3.63) is 42.4 Å². The summed E-state index contributed by atoms with van der Waals surface area (Å²) in [6.07, 6.45) is 9.13. The summed E-state index contributed by atoms with van der Waals surface area (Å²) in [7, 11) is 3.41. The quantitative estimate of drug-likeness (QED) is 0.809. The van der Waals surface area contributed by atoms with Crippen LogP contribution in [0.4, 0.5) is 5.82 Å². The minimum absolute atomic E-state index is 0.349. The molecule has 0 bridgehead atoms. The molecule has 0 aliphatic carbocycles. The SMILES string of the molecule is COc1cccc(CN2CCC[C@@]3(CCN(c4cnccn4)C3)C2)c1OC. The van der Waals surface area contributed by atoms with Crippen molar-refractivity contribution in [2.75, 3.05) is 45.3 Å².